The van der Waals surface area contributed by atoms with E-state index in [0.29, 0.717) is 33.0 Å². The lowest BCUT2D eigenvalue weighted by molar-refractivity contribution is -0.139. The fourth-order valence-corrected chi connectivity index (χ4v) is 6.43. The first-order chi connectivity index (χ1) is 19.5. The van der Waals surface area contributed by atoms with Gasteiger partial charge in [-0.15, -0.1) is 0 Å². The summed E-state index contributed by atoms with van der Waals surface area (Å²) < 4.78 is 34.8. The summed E-state index contributed by atoms with van der Waals surface area (Å²) in [5.41, 5.74) is 1.88. The molecule has 0 aliphatic carbocycles. The van der Waals surface area contributed by atoms with Gasteiger partial charge in [0.25, 0.3) is 10.0 Å². The van der Waals surface area contributed by atoms with E-state index in [0.717, 1.165) is 22.7 Å². The first kappa shape index (κ1) is 32.4. The Balaban J connectivity index is 2.03. The number of hydrogen-bond donors (Lipinski definition) is 1. The minimum atomic E-state index is -4.21. The molecule has 41 heavy (non-hydrogen) atoms. The Morgan fingerprint density at radius 1 is 1.07 bits per heavy atom. The second-order valence-electron chi connectivity index (χ2n) is 9.58. The molecule has 0 spiro atoms. The Morgan fingerprint density at radius 2 is 1.76 bits per heavy atom. The van der Waals surface area contributed by atoms with Crippen molar-refractivity contribution >= 4 is 55.1 Å². The predicted molar refractivity (Wildman–Crippen MR) is 166 cm³/mol. The third-order valence-electron chi connectivity index (χ3n) is 6.61. The first-order valence-electron chi connectivity index (χ1n) is 13.2. The van der Waals surface area contributed by atoms with Crippen molar-refractivity contribution < 1.29 is 22.7 Å². The number of unbranched alkanes of at least 4 members (excludes halogenated alkanes) is 1. The normalized spacial score (nSPS) is 12.0. The Labute approximate surface area is 255 Å². The third kappa shape index (κ3) is 8.24. The Morgan fingerprint density at radius 3 is 2.37 bits per heavy atom. The van der Waals surface area contributed by atoms with Crippen molar-refractivity contribution in [3.63, 3.8) is 0 Å². The summed E-state index contributed by atoms with van der Waals surface area (Å²) in [5.74, 6) is -0.418. The van der Waals surface area contributed by atoms with Crippen LogP contribution in [0.15, 0.2) is 76.1 Å². The maximum atomic E-state index is 14.0. The molecular formula is C30H35BrClN3O5S. The van der Waals surface area contributed by atoms with Gasteiger partial charge in [0.1, 0.15) is 18.3 Å². The molecule has 1 unspecified atom stereocenters. The van der Waals surface area contributed by atoms with Crippen LogP contribution < -0.4 is 14.4 Å². The molecule has 0 radical (unpaired) electrons. The average Bonchev–Trinajstić information content (AvgIpc) is 2.95. The molecule has 1 N–H and O–H groups in total. The second kappa shape index (κ2) is 14.7. The predicted octanol–water partition coefficient (Wildman–Crippen LogP) is 5.95. The molecular weight excluding hydrogens is 630 g/mol. The minimum absolute atomic E-state index is 0.0245. The number of carbonyl (C=O) groups excluding carboxylic acids is 2. The van der Waals surface area contributed by atoms with Gasteiger partial charge in [0, 0.05) is 18.1 Å². The van der Waals surface area contributed by atoms with Crippen molar-refractivity contribution in [2.45, 2.75) is 51.1 Å². The van der Waals surface area contributed by atoms with E-state index < -0.39 is 28.5 Å². The Kier molecular flexibility index (Phi) is 11.6. The second-order valence-corrected chi connectivity index (χ2v) is 12.7. The lowest BCUT2D eigenvalue weighted by Crippen LogP contribution is -2.51. The van der Waals surface area contributed by atoms with Gasteiger partial charge in [-0.25, -0.2) is 8.42 Å². The zero-order valence-corrected chi connectivity index (χ0v) is 26.7. The van der Waals surface area contributed by atoms with Gasteiger partial charge in [-0.3, -0.25) is 13.9 Å². The summed E-state index contributed by atoms with van der Waals surface area (Å²) in [4.78, 5) is 28.4. The van der Waals surface area contributed by atoms with Gasteiger partial charge in [0.05, 0.1) is 22.2 Å². The minimum Gasteiger partial charge on any atom is -0.496 e. The SMILES string of the molecule is CCCCNC(=O)C(C)N(Cc1ccccc1Cl)C(=O)CN(c1ccc(C)cc1)S(=O)(=O)c1ccc(OC)c(Br)c1. The van der Waals surface area contributed by atoms with E-state index in [-0.39, 0.29) is 17.3 Å². The van der Waals surface area contributed by atoms with Crippen molar-refractivity contribution in [3.05, 3.63) is 87.4 Å². The van der Waals surface area contributed by atoms with Gasteiger partial charge in [-0.2, -0.15) is 0 Å². The molecule has 0 bridgehead atoms. The molecule has 0 heterocycles. The summed E-state index contributed by atoms with van der Waals surface area (Å²) in [6, 6.07) is 17.4. The van der Waals surface area contributed by atoms with Crippen LogP contribution in [0, 0.1) is 6.92 Å². The summed E-state index contributed by atoms with van der Waals surface area (Å²) in [7, 11) is -2.73. The molecule has 0 saturated carbocycles. The molecule has 3 rings (SSSR count). The average molecular weight is 665 g/mol. The van der Waals surface area contributed by atoms with Gasteiger partial charge in [-0.1, -0.05) is 60.8 Å². The third-order valence-corrected chi connectivity index (χ3v) is 9.37. The highest BCUT2D eigenvalue weighted by molar-refractivity contribution is 9.10. The van der Waals surface area contributed by atoms with Crippen LogP contribution >= 0.6 is 27.5 Å². The largest absolute Gasteiger partial charge is 0.496 e. The lowest BCUT2D eigenvalue weighted by atomic mass is 10.1. The van der Waals surface area contributed by atoms with Crippen molar-refractivity contribution in [1.29, 1.82) is 0 Å². The molecule has 3 aromatic rings. The number of nitrogens with zero attached hydrogens (tertiary/aromatic N) is 2. The lowest BCUT2D eigenvalue weighted by Gasteiger charge is -2.32. The fourth-order valence-electron chi connectivity index (χ4n) is 4.10. The molecule has 0 aliphatic heterocycles. The van der Waals surface area contributed by atoms with E-state index in [1.807, 2.05) is 13.8 Å². The topological polar surface area (TPSA) is 96.0 Å². The van der Waals surface area contributed by atoms with Gasteiger partial charge in [0.15, 0.2) is 0 Å². The van der Waals surface area contributed by atoms with Crippen LogP contribution in [-0.2, 0) is 26.2 Å². The molecule has 0 aliphatic rings. The summed E-state index contributed by atoms with van der Waals surface area (Å²) in [6.45, 7) is 5.50. The molecule has 1 atom stereocenters. The number of methoxy groups -OCH3 is 1. The number of nitrogens with one attached hydrogen (secondary N) is 1. The smallest absolute Gasteiger partial charge is 0.264 e. The Bertz CT molecular complexity index is 1470. The fraction of sp³-hybridized carbons (Fsp3) is 0.333. The number of halogens is 2. The van der Waals surface area contributed by atoms with Crippen LogP contribution in [0.1, 0.15) is 37.8 Å². The number of anilines is 1. The van der Waals surface area contributed by atoms with E-state index in [2.05, 4.69) is 21.2 Å². The van der Waals surface area contributed by atoms with Crippen LogP contribution in [-0.4, -0.2) is 51.4 Å². The first-order valence-corrected chi connectivity index (χ1v) is 15.8. The molecule has 0 fully saturated rings. The summed E-state index contributed by atoms with van der Waals surface area (Å²) in [5, 5.41) is 3.31. The highest BCUT2D eigenvalue weighted by atomic mass is 79.9. The molecule has 2 amide bonds. The maximum absolute atomic E-state index is 14.0. The molecule has 0 aromatic heterocycles. The number of sulfonamides is 1. The van der Waals surface area contributed by atoms with Crippen LogP contribution in [0.4, 0.5) is 5.69 Å². The van der Waals surface area contributed by atoms with E-state index >= 15 is 0 Å². The standard InChI is InChI=1S/C30H35BrClN3O5S/c1-5-6-17-33-30(37)22(3)34(19-23-9-7-8-10-27(23)32)29(36)20-35(24-13-11-21(2)12-14-24)41(38,39)25-15-16-28(40-4)26(31)18-25/h7-16,18,22H,5-6,17,19-20H2,1-4H3,(H,33,37). The molecule has 3 aromatic carbocycles. The molecule has 220 valence electrons. The van der Waals surface area contributed by atoms with Crippen LogP contribution in [0.3, 0.4) is 0 Å². The van der Waals surface area contributed by atoms with Crippen molar-refractivity contribution in [1.82, 2.24) is 10.2 Å². The highest BCUT2D eigenvalue weighted by Crippen LogP contribution is 2.31. The quantitative estimate of drug-likeness (QED) is 0.228. The molecule has 8 nitrogen and oxygen atoms in total. The van der Waals surface area contributed by atoms with Gasteiger partial charge in [0.2, 0.25) is 11.8 Å². The van der Waals surface area contributed by atoms with Crippen molar-refractivity contribution in [3.8, 4) is 5.75 Å². The van der Waals surface area contributed by atoms with E-state index in [1.165, 1.54) is 24.1 Å². The Hall–Kier alpha value is -3.08. The van der Waals surface area contributed by atoms with Crippen LogP contribution in [0.25, 0.3) is 0 Å². The van der Waals surface area contributed by atoms with E-state index in [1.54, 1.807) is 61.5 Å². The molecule has 11 heteroatoms. The number of benzene rings is 3. The summed E-state index contributed by atoms with van der Waals surface area (Å²) in [6.07, 6.45) is 1.70. The maximum Gasteiger partial charge on any atom is 0.264 e. The van der Waals surface area contributed by atoms with Crippen LogP contribution in [0.5, 0.6) is 5.75 Å². The summed E-state index contributed by atoms with van der Waals surface area (Å²) >= 11 is 9.76. The monoisotopic (exact) mass is 663 g/mol. The van der Waals surface area contributed by atoms with E-state index in [4.69, 9.17) is 16.3 Å². The highest BCUT2D eigenvalue weighted by Gasteiger charge is 2.33. The van der Waals surface area contributed by atoms with Crippen LogP contribution in [0.2, 0.25) is 5.02 Å². The van der Waals surface area contributed by atoms with Crippen molar-refractivity contribution in [2.75, 3.05) is 24.5 Å². The van der Waals surface area contributed by atoms with E-state index in [9.17, 15) is 18.0 Å². The zero-order chi connectivity index (χ0) is 30.2. The number of amides is 2. The number of rotatable bonds is 13. The van der Waals surface area contributed by atoms with Gasteiger partial charge in [-0.05, 0) is 78.2 Å². The number of ether oxygens (including phenoxy) is 1. The number of aryl methyl sites for hydroxylation is 1. The van der Waals surface area contributed by atoms with Crippen molar-refractivity contribution in [2.24, 2.45) is 0 Å². The van der Waals surface area contributed by atoms with Gasteiger partial charge >= 0.3 is 0 Å². The number of carbonyl (C=O) groups is 2. The zero-order valence-electron chi connectivity index (χ0n) is 23.6. The van der Waals surface area contributed by atoms with Gasteiger partial charge < -0.3 is 15.0 Å². The number of hydrogen-bond acceptors (Lipinski definition) is 5. The molecule has 0 saturated heterocycles.